The van der Waals surface area contributed by atoms with Gasteiger partial charge in [0.1, 0.15) is 5.75 Å². The summed E-state index contributed by atoms with van der Waals surface area (Å²) in [5.41, 5.74) is 0.913. The van der Waals surface area contributed by atoms with E-state index in [1.54, 1.807) is 7.11 Å². The van der Waals surface area contributed by atoms with Crippen molar-refractivity contribution in [2.75, 3.05) is 39.8 Å². The lowest BCUT2D eigenvalue weighted by Gasteiger charge is -2.34. The molecule has 1 fully saturated rings. The summed E-state index contributed by atoms with van der Waals surface area (Å²) in [7, 11) is 1.65. The number of hydrogen-bond donors (Lipinski definition) is 0. The topological polar surface area (TPSA) is 54.6 Å². The van der Waals surface area contributed by atoms with E-state index in [1.165, 1.54) is 6.54 Å². The van der Waals surface area contributed by atoms with Crippen molar-refractivity contribution in [3.05, 3.63) is 30.1 Å². The average Bonchev–Trinajstić information content (AvgIpc) is 3.05. The van der Waals surface area contributed by atoms with E-state index in [2.05, 4.69) is 33.8 Å². The number of piperazine rings is 1. The van der Waals surface area contributed by atoms with Crippen LogP contribution in [-0.2, 0) is 6.54 Å². The van der Waals surface area contributed by atoms with E-state index in [0.717, 1.165) is 55.8 Å². The molecule has 6 nitrogen and oxygen atoms in total. The lowest BCUT2D eigenvalue weighted by Crippen LogP contribution is -2.47. The highest BCUT2D eigenvalue weighted by Gasteiger charge is 2.19. The largest absolute Gasteiger partial charge is 0.497 e. The highest BCUT2D eigenvalue weighted by Crippen LogP contribution is 2.21. The Hall–Kier alpha value is -1.92. The van der Waals surface area contributed by atoms with Gasteiger partial charge in [-0.2, -0.15) is 4.98 Å². The number of ether oxygens (including phenoxy) is 1. The van der Waals surface area contributed by atoms with Crippen LogP contribution in [0.15, 0.2) is 28.8 Å². The molecule has 130 valence electrons. The van der Waals surface area contributed by atoms with Crippen LogP contribution >= 0.6 is 0 Å². The molecule has 1 aromatic heterocycles. The van der Waals surface area contributed by atoms with Crippen LogP contribution < -0.4 is 4.74 Å². The molecule has 1 aliphatic rings. The van der Waals surface area contributed by atoms with Crippen LogP contribution in [0.3, 0.4) is 0 Å². The minimum absolute atomic E-state index is 0.561. The molecule has 0 radical (unpaired) electrons. The summed E-state index contributed by atoms with van der Waals surface area (Å²) >= 11 is 0. The van der Waals surface area contributed by atoms with E-state index in [1.807, 2.05) is 24.3 Å². The van der Waals surface area contributed by atoms with Gasteiger partial charge in [-0.3, -0.25) is 4.90 Å². The van der Waals surface area contributed by atoms with Crippen molar-refractivity contribution in [2.45, 2.75) is 20.4 Å². The van der Waals surface area contributed by atoms with Gasteiger partial charge in [-0.1, -0.05) is 19.0 Å². The molecule has 6 heteroatoms. The van der Waals surface area contributed by atoms with Gasteiger partial charge < -0.3 is 14.2 Å². The molecule has 0 saturated carbocycles. The Bertz CT molecular complexity index is 631. The van der Waals surface area contributed by atoms with Crippen molar-refractivity contribution >= 4 is 0 Å². The Kier molecular flexibility index (Phi) is 5.48. The molecule has 1 aromatic carbocycles. The minimum atomic E-state index is 0.561. The minimum Gasteiger partial charge on any atom is -0.497 e. The fourth-order valence-electron chi connectivity index (χ4n) is 3.02. The van der Waals surface area contributed by atoms with E-state index < -0.39 is 0 Å². The van der Waals surface area contributed by atoms with E-state index in [0.29, 0.717) is 5.89 Å². The summed E-state index contributed by atoms with van der Waals surface area (Å²) in [6.45, 7) is 10.8. The third kappa shape index (κ3) is 4.33. The highest BCUT2D eigenvalue weighted by molar-refractivity contribution is 5.54. The fourth-order valence-corrected chi connectivity index (χ4v) is 3.02. The first kappa shape index (κ1) is 16.9. The van der Waals surface area contributed by atoms with Crippen molar-refractivity contribution < 1.29 is 9.26 Å². The van der Waals surface area contributed by atoms with Crippen LogP contribution in [0.4, 0.5) is 0 Å². The normalized spacial score (nSPS) is 16.7. The molecule has 0 atom stereocenters. The highest BCUT2D eigenvalue weighted by atomic mass is 16.5. The average molecular weight is 330 g/mol. The van der Waals surface area contributed by atoms with Gasteiger partial charge in [0, 0.05) is 38.3 Å². The van der Waals surface area contributed by atoms with Crippen molar-refractivity contribution in [3.8, 4) is 17.2 Å². The van der Waals surface area contributed by atoms with Crippen LogP contribution in [0.25, 0.3) is 11.5 Å². The molecule has 2 heterocycles. The number of aromatic nitrogens is 2. The summed E-state index contributed by atoms with van der Waals surface area (Å²) in [4.78, 5) is 9.44. The van der Waals surface area contributed by atoms with E-state index in [9.17, 15) is 0 Å². The van der Waals surface area contributed by atoms with Crippen LogP contribution in [0.2, 0.25) is 0 Å². The molecule has 0 bridgehead atoms. The molecule has 0 amide bonds. The zero-order valence-corrected chi connectivity index (χ0v) is 14.7. The Labute approximate surface area is 143 Å². The lowest BCUT2D eigenvalue weighted by molar-refractivity contribution is 0.115. The Balaban J connectivity index is 1.54. The molecule has 3 rings (SSSR count). The van der Waals surface area contributed by atoms with Crippen molar-refractivity contribution in [1.82, 2.24) is 19.9 Å². The number of hydrogen-bond acceptors (Lipinski definition) is 6. The number of rotatable bonds is 6. The van der Waals surface area contributed by atoms with Gasteiger partial charge >= 0.3 is 0 Å². The first-order valence-corrected chi connectivity index (χ1v) is 8.56. The van der Waals surface area contributed by atoms with E-state index in [4.69, 9.17) is 9.26 Å². The summed E-state index contributed by atoms with van der Waals surface area (Å²) in [6.07, 6.45) is 0. The second kappa shape index (κ2) is 7.77. The molecular formula is C18H26N4O2. The van der Waals surface area contributed by atoms with Gasteiger partial charge in [0.25, 0.3) is 5.89 Å². The maximum absolute atomic E-state index is 5.40. The maximum Gasteiger partial charge on any atom is 0.257 e. The number of methoxy groups -OCH3 is 1. The Morgan fingerprint density at radius 3 is 2.38 bits per heavy atom. The van der Waals surface area contributed by atoms with Gasteiger partial charge in [-0.15, -0.1) is 0 Å². The molecular weight excluding hydrogens is 304 g/mol. The van der Waals surface area contributed by atoms with Gasteiger partial charge in [-0.25, -0.2) is 0 Å². The van der Waals surface area contributed by atoms with Crippen LogP contribution in [0.1, 0.15) is 19.7 Å². The quantitative estimate of drug-likeness (QED) is 0.811. The number of benzene rings is 1. The molecule has 24 heavy (non-hydrogen) atoms. The first-order valence-electron chi connectivity index (χ1n) is 8.56. The van der Waals surface area contributed by atoms with Crippen molar-refractivity contribution in [2.24, 2.45) is 5.92 Å². The molecule has 1 saturated heterocycles. The molecule has 0 aliphatic carbocycles. The zero-order valence-electron chi connectivity index (χ0n) is 14.7. The fraction of sp³-hybridized carbons (Fsp3) is 0.556. The van der Waals surface area contributed by atoms with Crippen molar-refractivity contribution in [1.29, 1.82) is 0 Å². The van der Waals surface area contributed by atoms with E-state index in [-0.39, 0.29) is 0 Å². The standard InChI is InChI=1S/C18H26N4O2/c1-14(2)12-21-8-10-22(11-9-21)13-17-19-18(24-20-17)15-4-6-16(23-3)7-5-15/h4-7,14H,8-13H2,1-3H3. The van der Waals surface area contributed by atoms with Crippen molar-refractivity contribution in [3.63, 3.8) is 0 Å². The molecule has 0 N–H and O–H groups in total. The number of nitrogens with zero attached hydrogens (tertiary/aromatic N) is 4. The Morgan fingerprint density at radius 2 is 1.75 bits per heavy atom. The molecule has 0 unspecified atom stereocenters. The molecule has 0 spiro atoms. The third-order valence-corrected chi connectivity index (χ3v) is 4.26. The first-order chi connectivity index (χ1) is 11.6. The maximum atomic E-state index is 5.40. The predicted octanol–water partition coefficient (Wildman–Crippen LogP) is 2.52. The van der Waals surface area contributed by atoms with E-state index >= 15 is 0 Å². The predicted molar refractivity (Wildman–Crippen MR) is 92.8 cm³/mol. The van der Waals surface area contributed by atoms with Gasteiger partial charge in [-0.05, 0) is 30.2 Å². The van der Waals surface area contributed by atoms with Gasteiger partial charge in [0.2, 0.25) is 0 Å². The van der Waals surface area contributed by atoms with Crippen LogP contribution in [0.5, 0.6) is 5.75 Å². The van der Waals surface area contributed by atoms with Gasteiger partial charge in [0.15, 0.2) is 5.82 Å². The molecule has 1 aliphatic heterocycles. The second-order valence-corrected chi connectivity index (χ2v) is 6.71. The summed E-state index contributed by atoms with van der Waals surface area (Å²) < 4.78 is 10.6. The second-order valence-electron chi connectivity index (χ2n) is 6.71. The van der Waals surface area contributed by atoms with Crippen LogP contribution in [-0.4, -0.2) is 59.8 Å². The summed E-state index contributed by atoms with van der Waals surface area (Å²) in [5.74, 6) is 2.85. The zero-order chi connectivity index (χ0) is 16.9. The summed E-state index contributed by atoms with van der Waals surface area (Å²) in [5, 5.41) is 4.12. The van der Waals surface area contributed by atoms with Crippen LogP contribution in [0, 0.1) is 5.92 Å². The Morgan fingerprint density at radius 1 is 1.08 bits per heavy atom. The lowest BCUT2D eigenvalue weighted by atomic mass is 10.2. The third-order valence-electron chi connectivity index (χ3n) is 4.26. The monoisotopic (exact) mass is 330 g/mol. The SMILES string of the molecule is COc1ccc(-c2nc(CN3CCN(CC(C)C)CC3)no2)cc1. The molecule has 2 aromatic rings. The smallest absolute Gasteiger partial charge is 0.257 e. The van der Waals surface area contributed by atoms with Gasteiger partial charge in [0.05, 0.1) is 13.7 Å². The summed E-state index contributed by atoms with van der Waals surface area (Å²) in [6, 6.07) is 7.65.